The summed E-state index contributed by atoms with van der Waals surface area (Å²) in [6.07, 6.45) is 9.64. The largest absolute Gasteiger partial charge is 0.444 e. The van der Waals surface area contributed by atoms with Gasteiger partial charge >= 0.3 is 6.09 Å². The summed E-state index contributed by atoms with van der Waals surface area (Å²) in [5, 5.41) is 7.40. The Morgan fingerprint density at radius 2 is 1.73 bits per heavy atom. The number of anilines is 2. The standard InChI is InChI=1S/C30H42N6O4/c1-30(2,3)40-29(39)35-15-16-36(26(20-35)22-18-31-33(4)19-22)28(38)24-12-11-23(32-27(37)21-9-10-21)17-25(24)34-13-7-5-6-8-14-34/h11-12,17-19,21,26H,5-10,13-16,20H2,1-4H3,(H,32,37). The van der Waals surface area contributed by atoms with Crippen molar-refractivity contribution >= 4 is 29.3 Å². The average molecular weight is 551 g/mol. The molecule has 3 fully saturated rings. The molecule has 1 aromatic heterocycles. The van der Waals surface area contributed by atoms with Crippen LogP contribution in [0.25, 0.3) is 0 Å². The molecule has 2 aromatic rings. The smallest absolute Gasteiger partial charge is 0.410 e. The van der Waals surface area contributed by atoms with Gasteiger partial charge in [0.05, 0.1) is 23.5 Å². The molecule has 10 heteroatoms. The van der Waals surface area contributed by atoms with Gasteiger partial charge in [-0.2, -0.15) is 5.10 Å². The van der Waals surface area contributed by atoms with E-state index < -0.39 is 5.60 Å². The summed E-state index contributed by atoms with van der Waals surface area (Å²) < 4.78 is 7.36. The second-order valence-corrected chi connectivity index (χ2v) is 12.3. The lowest BCUT2D eigenvalue weighted by Gasteiger charge is -2.42. The Balaban J connectivity index is 1.45. The van der Waals surface area contributed by atoms with E-state index in [1.807, 2.05) is 57.1 Å². The van der Waals surface area contributed by atoms with Crippen LogP contribution in [0.2, 0.25) is 0 Å². The number of amides is 3. The van der Waals surface area contributed by atoms with Crippen LogP contribution in [-0.4, -0.2) is 75.8 Å². The lowest BCUT2D eigenvalue weighted by Crippen LogP contribution is -2.53. The lowest BCUT2D eigenvalue weighted by molar-refractivity contribution is -0.117. The Kier molecular flexibility index (Phi) is 8.05. The van der Waals surface area contributed by atoms with Crippen LogP contribution in [0.15, 0.2) is 30.6 Å². The maximum atomic E-state index is 14.3. The molecule has 1 aliphatic carbocycles. The molecular weight excluding hydrogens is 508 g/mol. The fourth-order valence-electron chi connectivity index (χ4n) is 5.52. The Labute approximate surface area is 236 Å². The van der Waals surface area contributed by atoms with Crippen molar-refractivity contribution in [3.8, 4) is 0 Å². The number of hydrogen-bond acceptors (Lipinski definition) is 6. The van der Waals surface area contributed by atoms with E-state index in [9.17, 15) is 14.4 Å². The molecule has 216 valence electrons. The first-order chi connectivity index (χ1) is 19.1. The minimum absolute atomic E-state index is 0.0517. The van der Waals surface area contributed by atoms with E-state index >= 15 is 0 Å². The van der Waals surface area contributed by atoms with Gasteiger partial charge in [-0.3, -0.25) is 14.3 Å². The van der Waals surface area contributed by atoms with E-state index in [2.05, 4.69) is 15.3 Å². The average Bonchev–Trinajstić information content (AvgIpc) is 3.72. The molecule has 2 aliphatic heterocycles. The molecule has 3 heterocycles. The maximum Gasteiger partial charge on any atom is 0.410 e. The number of piperazine rings is 1. The lowest BCUT2D eigenvalue weighted by atomic mass is 10.0. The molecular formula is C30H42N6O4. The number of aryl methyl sites for hydroxylation is 1. The number of ether oxygens (including phenoxy) is 1. The van der Waals surface area contributed by atoms with Crippen molar-refractivity contribution in [2.45, 2.75) is 70.9 Å². The summed E-state index contributed by atoms with van der Waals surface area (Å²) in [5.41, 5.74) is 2.47. The van der Waals surface area contributed by atoms with E-state index in [0.717, 1.165) is 55.7 Å². The molecule has 3 amide bonds. The van der Waals surface area contributed by atoms with Gasteiger partial charge in [-0.15, -0.1) is 0 Å². The van der Waals surface area contributed by atoms with Crippen LogP contribution in [0.1, 0.15) is 81.3 Å². The third-order valence-electron chi connectivity index (χ3n) is 7.79. The van der Waals surface area contributed by atoms with E-state index in [1.165, 1.54) is 12.8 Å². The summed E-state index contributed by atoms with van der Waals surface area (Å²) in [4.78, 5) is 45.6. The molecule has 0 spiro atoms. The number of hydrogen-bond donors (Lipinski definition) is 1. The third-order valence-corrected chi connectivity index (χ3v) is 7.79. The Morgan fingerprint density at radius 1 is 1.00 bits per heavy atom. The molecule has 2 saturated heterocycles. The van der Waals surface area contributed by atoms with Crippen molar-refractivity contribution in [3.63, 3.8) is 0 Å². The Hall–Kier alpha value is -3.56. The summed E-state index contributed by atoms with van der Waals surface area (Å²) in [6.45, 7) is 8.38. The third kappa shape index (κ3) is 6.59. The summed E-state index contributed by atoms with van der Waals surface area (Å²) in [6, 6.07) is 5.29. The predicted molar refractivity (Wildman–Crippen MR) is 153 cm³/mol. The number of aromatic nitrogens is 2. The molecule has 1 unspecified atom stereocenters. The summed E-state index contributed by atoms with van der Waals surface area (Å²) in [5.74, 6) is 0.0669. The molecule has 0 radical (unpaired) electrons. The van der Waals surface area contributed by atoms with Crippen LogP contribution in [0.5, 0.6) is 0 Å². The first-order valence-electron chi connectivity index (χ1n) is 14.6. The number of carbonyl (C=O) groups is 3. The molecule has 5 rings (SSSR count). The number of carbonyl (C=O) groups excluding carboxylic acids is 3. The number of nitrogens with one attached hydrogen (secondary N) is 1. The highest BCUT2D eigenvalue weighted by molar-refractivity contribution is 6.02. The Bertz CT molecular complexity index is 1240. The van der Waals surface area contributed by atoms with Gasteiger partial charge < -0.3 is 24.8 Å². The summed E-state index contributed by atoms with van der Waals surface area (Å²) in [7, 11) is 1.84. The molecule has 1 atom stereocenters. The minimum atomic E-state index is -0.605. The van der Waals surface area contributed by atoms with Crippen LogP contribution >= 0.6 is 0 Å². The van der Waals surface area contributed by atoms with E-state index in [1.54, 1.807) is 15.8 Å². The van der Waals surface area contributed by atoms with Crippen molar-refractivity contribution < 1.29 is 19.1 Å². The van der Waals surface area contributed by atoms with Gasteiger partial charge in [0.1, 0.15) is 5.60 Å². The van der Waals surface area contributed by atoms with Gasteiger partial charge in [0.2, 0.25) is 5.91 Å². The zero-order valence-corrected chi connectivity index (χ0v) is 24.2. The van der Waals surface area contributed by atoms with Crippen molar-refractivity contribution in [1.29, 1.82) is 0 Å². The van der Waals surface area contributed by atoms with Gasteiger partial charge in [0.15, 0.2) is 0 Å². The number of benzene rings is 1. The van der Waals surface area contributed by atoms with Crippen molar-refractivity contribution in [1.82, 2.24) is 19.6 Å². The second-order valence-electron chi connectivity index (χ2n) is 12.3. The van der Waals surface area contributed by atoms with E-state index in [0.29, 0.717) is 25.2 Å². The first-order valence-corrected chi connectivity index (χ1v) is 14.6. The quantitative estimate of drug-likeness (QED) is 0.585. The highest BCUT2D eigenvalue weighted by Gasteiger charge is 2.37. The molecule has 0 bridgehead atoms. The fourth-order valence-corrected chi connectivity index (χ4v) is 5.52. The normalized spacial score (nSPS) is 20.2. The zero-order chi connectivity index (χ0) is 28.4. The van der Waals surface area contributed by atoms with Crippen LogP contribution in [0, 0.1) is 5.92 Å². The van der Waals surface area contributed by atoms with Crippen molar-refractivity contribution in [3.05, 3.63) is 41.7 Å². The van der Waals surface area contributed by atoms with Crippen molar-refractivity contribution in [2.24, 2.45) is 13.0 Å². The molecule has 10 nitrogen and oxygen atoms in total. The van der Waals surface area contributed by atoms with Gasteiger partial charge in [-0.25, -0.2) is 4.79 Å². The monoisotopic (exact) mass is 550 g/mol. The number of rotatable bonds is 5. The SMILES string of the molecule is Cn1cc(C2CN(C(=O)OC(C)(C)C)CCN2C(=O)c2ccc(NC(=O)C3CC3)cc2N2CCCCCC2)cn1. The molecule has 1 aromatic carbocycles. The molecule has 1 N–H and O–H groups in total. The highest BCUT2D eigenvalue weighted by atomic mass is 16.6. The fraction of sp³-hybridized carbons (Fsp3) is 0.600. The van der Waals surface area contributed by atoms with Gasteiger partial charge in [-0.05, 0) is 64.7 Å². The molecule has 1 saturated carbocycles. The highest BCUT2D eigenvalue weighted by Crippen LogP contribution is 2.34. The Morgan fingerprint density at radius 3 is 2.35 bits per heavy atom. The van der Waals surface area contributed by atoms with Crippen LogP contribution in [0.3, 0.4) is 0 Å². The first kappa shape index (κ1) is 28.0. The molecule has 3 aliphatic rings. The molecule has 40 heavy (non-hydrogen) atoms. The number of nitrogens with zero attached hydrogens (tertiary/aromatic N) is 5. The minimum Gasteiger partial charge on any atom is -0.444 e. The van der Waals surface area contributed by atoms with Gasteiger partial charge in [0, 0.05) is 63.1 Å². The topological polar surface area (TPSA) is 100 Å². The van der Waals surface area contributed by atoms with Crippen LogP contribution in [0.4, 0.5) is 16.2 Å². The van der Waals surface area contributed by atoms with Crippen LogP contribution in [-0.2, 0) is 16.6 Å². The maximum absolute atomic E-state index is 14.3. The van der Waals surface area contributed by atoms with Gasteiger partial charge in [0.25, 0.3) is 5.91 Å². The predicted octanol–water partition coefficient (Wildman–Crippen LogP) is 4.58. The van der Waals surface area contributed by atoms with Gasteiger partial charge in [-0.1, -0.05) is 12.8 Å². The zero-order valence-electron chi connectivity index (χ0n) is 24.2. The van der Waals surface area contributed by atoms with Crippen molar-refractivity contribution in [2.75, 3.05) is 42.9 Å². The van der Waals surface area contributed by atoms with E-state index in [-0.39, 0.29) is 29.9 Å². The van der Waals surface area contributed by atoms with Crippen LogP contribution < -0.4 is 10.2 Å². The summed E-state index contributed by atoms with van der Waals surface area (Å²) >= 11 is 0. The second kappa shape index (κ2) is 11.5. The van der Waals surface area contributed by atoms with E-state index in [4.69, 9.17) is 4.74 Å².